The summed E-state index contributed by atoms with van der Waals surface area (Å²) in [4.78, 5) is 36.4. The fourth-order valence-electron chi connectivity index (χ4n) is 5.56. The molecular weight excluding hydrogens is 530 g/mol. The smallest absolute Gasteiger partial charge is 0.319 e. The van der Waals surface area contributed by atoms with Crippen molar-refractivity contribution in [2.75, 3.05) is 11.9 Å². The summed E-state index contributed by atoms with van der Waals surface area (Å²) in [6.45, 7) is 6.93. The molecule has 0 radical (unpaired) electrons. The Morgan fingerprint density at radius 2 is 1.48 bits per heavy atom. The first-order chi connectivity index (χ1) is 20.1. The van der Waals surface area contributed by atoms with E-state index in [-0.39, 0.29) is 42.3 Å². The van der Waals surface area contributed by atoms with E-state index in [9.17, 15) is 14.4 Å². The Hall–Kier alpha value is -4.33. The van der Waals surface area contributed by atoms with Gasteiger partial charge in [-0.25, -0.2) is 4.79 Å². The second-order valence-corrected chi connectivity index (χ2v) is 12.0. The van der Waals surface area contributed by atoms with Crippen molar-refractivity contribution in [3.8, 4) is 11.5 Å². The van der Waals surface area contributed by atoms with Gasteiger partial charge in [-0.1, -0.05) is 51.1 Å². The van der Waals surface area contributed by atoms with Gasteiger partial charge in [-0.2, -0.15) is 0 Å². The molecule has 1 saturated carbocycles. The van der Waals surface area contributed by atoms with Gasteiger partial charge in [0.1, 0.15) is 11.5 Å². The van der Waals surface area contributed by atoms with Crippen molar-refractivity contribution in [1.82, 2.24) is 10.6 Å². The van der Waals surface area contributed by atoms with E-state index in [1.54, 1.807) is 24.3 Å². The molecule has 4 rings (SSSR count). The van der Waals surface area contributed by atoms with Crippen LogP contribution in [0.4, 0.5) is 10.5 Å². The predicted octanol–water partition coefficient (Wildman–Crippen LogP) is 7.40. The SMILES string of the molecule is CC(C)(C)C1CCC(C(NC(=O)Nc2ccc(Oc3ccccc3)cc2)c2ccc(C(=O)NCCC(=O)O)cc2)CC1. The normalized spacial score (nSPS) is 17.5. The lowest BCUT2D eigenvalue weighted by Crippen LogP contribution is -2.38. The summed E-state index contributed by atoms with van der Waals surface area (Å²) in [5.41, 5.74) is 2.27. The number of hydrogen-bond donors (Lipinski definition) is 4. The summed E-state index contributed by atoms with van der Waals surface area (Å²) in [6, 6.07) is 23.4. The molecule has 0 spiro atoms. The van der Waals surface area contributed by atoms with Crippen molar-refractivity contribution in [1.29, 1.82) is 0 Å². The molecule has 0 aromatic heterocycles. The highest BCUT2D eigenvalue weighted by Crippen LogP contribution is 2.43. The van der Waals surface area contributed by atoms with E-state index in [0.717, 1.165) is 37.0 Å². The van der Waals surface area contributed by atoms with Crippen LogP contribution in [0.3, 0.4) is 0 Å². The Morgan fingerprint density at radius 1 is 0.857 bits per heavy atom. The van der Waals surface area contributed by atoms with Crippen LogP contribution >= 0.6 is 0 Å². The highest BCUT2D eigenvalue weighted by molar-refractivity contribution is 5.94. The lowest BCUT2D eigenvalue weighted by Gasteiger charge is -2.39. The number of benzene rings is 3. The van der Waals surface area contributed by atoms with E-state index >= 15 is 0 Å². The molecule has 1 fully saturated rings. The second kappa shape index (κ2) is 14.0. The number of rotatable bonds is 10. The molecule has 0 aliphatic heterocycles. The zero-order valence-electron chi connectivity index (χ0n) is 24.6. The Balaban J connectivity index is 1.43. The van der Waals surface area contributed by atoms with Crippen molar-refractivity contribution in [3.05, 3.63) is 90.0 Å². The number of carboxylic acid groups (broad SMARTS) is 1. The standard InChI is InChI=1S/C34H41N3O5/c1-34(2,3)26-15-13-24(14-16-26)31(23-9-11-25(12-10-23)32(40)35-22-21-30(38)39)37-33(41)36-27-17-19-29(20-18-27)42-28-7-5-4-6-8-28/h4-12,17-20,24,26,31H,13-16,21-22H2,1-3H3,(H,35,40)(H,38,39)(H2,36,37,41). The Morgan fingerprint density at radius 3 is 2.07 bits per heavy atom. The van der Waals surface area contributed by atoms with Crippen LogP contribution < -0.4 is 20.7 Å². The van der Waals surface area contributed by atoms with Crippen LogP contribution in [-0.2, 0) is 4.79 Å². The van der Waals surface area contributed by atoms with Crippen molar-refractivity contribution < 1.29 is 24.2 Å². The minimum Gasteiger partial charge on any atom is -0.481 e. The molecular formula is C34H41N3O5. The van der Waals surface area contributed by atoms with Crippen LogP contribution in [0.1, 0.15) is 74.8 Å². The molecule has 4 N–H and O–H groups in total. The van der Waals surface area contributed by atoms with Gasteiger partial charge < -0.3 is 25.8 Å². The van der Waals surface area contributed by atoms with Crippen LogP contribution in [0, 0.1) is 17.3 Å². The molecule has 8 nitrogen and oxygen atoms in total. The lowest BCUT2D eigenvalue weighted by molar-refractivity contribution is -0.136. The molecule has 222 valence electrons. The van der Waals surface area contributed by atoms with E-state index in [0.29, 0.717) is 22.9 Å². The average Bonchev–Trinajstić information content (AvgIpc) is 2.97. The fourth-order valence-corrected chi connectivity index (χ4v) is 5.56. The van der Waals surface area contributed by atoms with Crippen LogP contribution in [0.2, 0.25) is 0 Å². The fraction of sp³-hybridized carbons (Fsp3) is 0.382. The predicted molar refractivity (Wildman–Crippen MR) is 164 cm³/mol. The number of para-hydroxylation sites is 1. The molecule has 1 aliphatic carbocycles. The summed E-state index contributed by atoms with van der Waals surface area (Å²) in [5, 5.41) is 17.6. The quantitative estimate of drug-likeness (QED) is 0.202. The molecule has 1 unspecified atom stereocenters. The molecule has 42 heavy (non-hydrogen) atoms. The molecule has 3 amide bonds. The van der Waals surface area contributed by atoms with Crippen LogP contribution in [0.25, 0.3) is 0 Å². The summed E-state index contributed by atoms with van der Waals surface area (Å²) < 4.78 is 5.85. The molecule has 0 bridgehead atoms. The van der Waals surface area contributed by atoms with Crippen LogP contribution in [-0.4, -0.2) is 29.6 Å². The Bertz CT molecular complexity index is 1330. The zero-order valence-corrected chi connectivity index (χ0v) is 24.6. The van der Waals surface area contributed by atoms with Gasteiger partial charge in [-0.05, 0) is 97.0 Å². The minimum absolute atomic E-state index is 0.0661. The number of nitrogens with one attached hydrogen (secondary N) is 3. The topological polar surface area (TPSA) is 117 Å². The van der Waals surface area contributed by atoms with Gasteiger partial charge in [0.05, 0.1) is 12.5 Å². The highest BCUT2D eigenvalue weighted by atomic mass is 16.5. The molecule has 0 heterocycles. The molecule has 3 aromatic carbocycles. The first-order valence-electron chi connectivity index (χ1n) is 14.6. The number of urea groups is 1. The van der Waals surface area contributed by atoms with Crippen LogP contribution in [0.5, 0.6) is 11.5 Å². The maximum absolute atomic E-state index is 13.2. The van der Waals surface area contributed by atoms with Crippen molar-refractivity contribution in [2.24, 2.45) is 17.3 Å². The number of hydrogen-bond acceptors (Lipinski definition) is 4. The number of anilines is 1. The summed E-state index contributed by atoms with van der Waals surface area (Å²) >= 11 is 0. The third kappa shape index (κ3) is 8.83. The van der Waals surface area contributed by atoms with E-state index in [4.69, 9.17) is 9.84 Å². The average molecular weight is 572 g/mol. The van der Waals surface area contributed by atoms with Gasteiger partial charge in [0.25, 0.3) is 5.91 Å². The first kappa shape index (κ1) is 30.6. The van der Waals surface area contributed by atoms with E-state index in [1.807, 2.05) is 54.6 Å². The van der Waals surface area contributed by atoms with Crippen LogP contribution in [0.15, 0.2) is 78.9 Å². The van der Waals surface area contributed by atoms with Gasteiger partial charge >= 0.3 is 12.0 Å². The summed E-state index contributed by atoms with van der Waals surface area (Å²) in [5.74, 6) is 1.02. The van der Waals surface area contributed by atoms with Crippen molar-refractivity contribution in [2.45, 2.75) is 58.9 Å². The number of carboxylic acids is 1. The minimum atomic E-state index is -0.963. The van der Waals surface area contributed by atoms with Gasteiger partial charge in [-0.3, -0.25) is 9.59 Å². The number of ether oxygens (including phenoxy) is 1. The number of carbonyl (C=O) groups is 3. The monoisotopic (exact) mass is 571 g/mol. The maximum atomic E-state index is 13.2. The van der Waals surface area contributed by atoms with Gasteiger partial charge in [-0.15, -0.1) is 0 Å². The maximum Gasteiger partial charge on any atom is 0.319 e. The molecule has 1 aliphatic rings. The molecule has 8 heteroatoms. The largest absolute Gasteiger partial charge is 0.481 e. The molecule has 1 atom stereocenters. The van der Waals surface area contributed by atoms with Gasteiger partial charge in [0, 0.05) is 17.8 Å². The number of carbonyl (C=O) groups excluding carboxylic acids is 2. The third-order valence-corrected chi connectivity index (χ3v) is 8.00. The third-order valence-electron chi connectivity index (χ3n) is 8.00. The van der Waals surface area contributed by atoms with Gasteiger partial charge in [0.2, 0.25) is 0 Å². The highest BCUT2D eigenvalue weighted by Gasteiger charge is 2.34. The number of aliphatic carboxylic acids is 1. The molecule has 3 aromatic rings. The van der Waals surface area contributed by atoms with Crippen molar-refractivity contribution >= 4 is 23.6 Å². The van der Waals surface area contributed by atoms with Crippen molar-refractivity contribution in [3.63, 3.8) is 0 Å². The zero-order chi connectivity index (χ0) is 30.1. The first-order valence-corrected chi connectivity index (χ1v) is 14.6. The summed E-state index contributed by atoms with van der Waals surface area (Å²) in [7, 11) is 0. The lowest BCUT2D eigenvalue weighted by atomic mass is 9.68. The summed E-state index contributed by atoms with van der Waals surface area (Å²) in [6.07, 6.45) is 4.05. The van der Waals surface area contributed by atoms with Gasteiger partial charge in [0.15, 0.2) is 0 Å². The number of amides is 3. The van der Waals surface area contributed by atoms with E-state index < -0.39 is 5.97 Å². The Labute approximate surface area is 247 Å². The van der Waals surface area contributed by atoms with E-state index in [2.05, 4.69) is 36.7 Å². The molecule has 0 saturated heterocycles. The second-order valence-electron chi connectivity index (χ2n) is 12.0. The van der Waals surface area contributed by atoms with E-state index in [1.165, 1.54) is 0 Å². The Kier molecular flexibility index (Phi) is 10.2.